The van der Waals surface area contributed by atoms with Gasteiger partial charge in [0.25, 0.3) is 0 Å². The highest BCUT2D eigenvalue weighted by atomic mass is 19.4. The second-order valence-electron chi connectivity index (χ2n) is 4.63. The van der Waals surface area contributed by atoms with Crippen LogP contribution in [0.4, 0.5) is 13.2 Å². The fourth-order valence-electron chi connectivity index (χ4n) is 1.72. The van der Waals surface area contributed by atoms with Gasteiger partial charge in [0, 0.05) is 12.1 Å². The summed E-state index contributed by atoms with van der Waals surface area (Å²) in [6, 6.07) is 0. The van der Waals surface area contributed by atoms with Gasteiger partial charge in [0.15, 0.2) is 0 Å². The summed E-state index contributed by atoms with van der Waals surface area (Å²) in [5.41, 5.74) is 5.89. The summed E-state index contributed by atoms with van der Waals surface area (Å²) >= 11 is 0. The molecule has 2 N–H and O–H groups in total. The van der Waals surface area contributed by atoms with Crippen molar-refractivity contribution in [2.75, 3.05) is 20.1 Å². The number of nitrogens with zero attached hydrogens (tertiary/aromatic N) is 1. The van der Waals surface area contributed by atoms with E-state index in [1.165, 1.54) is 0 Å². The molecule has 1 rings (SSSR count). The molecule has 1 aliphatic rings. The summed E-state index contributed by atoms with van der Waals surface area (Å²) in [4.78, 5) is 1.71. The second kappa shape index (κ2) is 4.70. The molecule has 1 fully saturated rings. The zero-order chi connectivity index (χ0) is 11.5. The zero-order valence-corrected chi connectivity index (χ0v) is 9.11. The van der Waals surface area contributed by atoms with E-state index in [2.05, 4.69) is 0 Å². The first kappa shape index (κ1) is 12.8. The number of nitrogens with two attached hydrogens (primary N) is 1. The summed E-state index contributed by atoms with van der Waals surface area (Å²) in [5, 5.41) is 0. The third kappa shape index (κ3) is 4.84. The molecule has 15 heavy (non-hydrogen) atoms. The minimum absolute atomic E-state index is 0.0690. The van der Waals surface area contributed by atoms with Crippen LogP contribution in [0.1, 0.15) is 32.1 Å². The number of halogens is 3. The lowest BCUT2D eigenvalue weighted by Crippen LogP contribution is -2.48. The molecule has 1 aliphatic carbocycles. The van der Waals surface area contributed by atoms with Gasteiger partial charge in [-0.2, -0.15) is 13.2 Å². The van der Waals surface area contributed by atoms with E-state index in [4.69, 9.17) is 5.73 Å². The van der Waals surface area contributed by atoms with Crippen LogP contribution in [0.2, 0.25) is 0 Å². The van der Waals surface area contributed by atoms with E-state index in [1.54, 1.807) is 11.9 Å². The highest BCUT2D eigenvalue weighted by Gasteiger charge is 2.32. The Morgan fingerprint density at radius 2 is 1.87 bits per heavy atom. The molecule has 0 aliphatic heterocycles. The molecule has 0 bridgehead atoms. The van der Waals surface area contributed by atoms with Crippen molar-refractivity contribution in [3.05, 3.63) is 0 Å². The molecular weight excluding hydrogens is 205 g/mol. The van der Waals surface area contributed by atoms with Crippen LogP contribution in [0.25, 0.3) is 0 Å². The maximum absolute atomic E-state index is 11.9. The van der Waals surface area contributed by atoms with Crippen molar-refractivity contribution in [2.24, 2.45) is 5.73 Å². The Balaban J connectivity index is 2.10. The van der Waals surface area contributed by atoms with Gasteiger partial charge < -0.3 is 10.6 Å². The predicted molar refractivity (Wildman–Crippen MR) is 53.6 cm³/mol. The summed E-state index contributed by atoms with van der Waals surface area (Å²) in [5.74, 6) is 0. The molecule has 0 radical (unpaired) electrons. The number of hydrogen-bond acceptors (Lipinski definition) is 2. The quantitative estimate of drug-likeness (QED) is 0.775. The first-order valence-corrected chi connectivity index (χ1v) is 5.35. The molecule has 1 saturated carbocycles. The van der Waals surface area contributed by atoms with Crippen LogP contribution >= 0.6 is 0 Å². The van der Waals surface area contributed by atoms with Crippen molar-refractivity contribution in [2.45, 2.75) is 43.8 Å². The minimum Gasteiger partial charge on any atom is -0.325 e. The van der Waals surface area contributed by atoms with E-state index in [1.807, 2.05) is 0 Å². The van der Waals surface area contributed by atoms with E-state index < -0.39 is 12.6 Å². The SMILES string of the molecule is CN(CCC(F)(F)F)CCC1(N)CCC1. The van der Waals surface area contributed by atoms with Crippen molar-refractivity contribution in [3.8, 4) is 0 Å². The normalized spacial score (nSPS) is 20.4. The number of hydrogen-bond donors (Lipinski definition) is 1. The van der Waals surface area contributed by atoms with E-state index in [-0.39, 0.29) is 12.1 Å². The van der Waals surface area contributed by atoms with Crippen LogP contribution in [-0.4, -0.2) is 36.8 Å². The first-order valence-electron chi connectivity index (χ1n) is 5.35. The number of rotatable bonds is 5. The van der Waals surface area contributed by atoms with Gasteiger partial charge in [-0.3, -0.25) is 0 Å². The van der Waals surface area contributed by atoms with Crippen molar-refractivity contribution < 1.29 is 13.2 Å². The van der Waals surface area contributed by atoms with Crippen molar-refractivity contribution in [1.82, 2.24) is 4.90 Å². The molecule has 0 aromatic carbocycles. The van der Waals surface area contributed by atoms with Gasteiger partial charge in [0.2, 0.25) is 0 Å². The van der Waals surface area contributed by atoms with E-state index >= 15 is 0 Å². The maximum atomic E-state index is 11.9. The molecule has 0 heterocycles. The lowest BCUT2D eigenvalue weighted by molar-refractivity contribution is -0.137. The lowest BCUT2D eigenvalue weighted by Gasteiger charge is -2.39. The highest BCUT2D eigenvalue weighted by molar-refractivity contribution is 4.92. The average molecular weight is 224 g/mol. The van der Waals surface area contributed by atoms with Gasteiger partial charge in [-0.1, -0.05) is 0 Å². The van der Waals surface area contributed by atoms with Gasteiger partial charge in [0.05, 0.1) is 6.42 Å². The van der Waals surface area contributed by atoms with E-state index in [0.717, 1.165) is 25.7 Å². The van der Waals surface area contributed by atoms with E-state index in [0.29, 0.717) is 6.54 Å². The molecule has 0 aromatic rings. The van der Waals surface area contributed by atoms with Crippen molar-refractivity contribution >= 4 is 0 Å². The van der Waals surface area contributed by atoms with Crippen LogP contribution in [-0.2, 0) is 0 Å². The summed E-state index contributed by atoms with van der Waals surface area (Å²) in [6.45, 7) is 0.728. The smallest absolute Gasteiger partial charge is 0.325 e. The van der Waals surface area contributed by atoms with Crippen LogP contribution < -0.4 is 5.73 Å². The summed E-state index contributed by atoms with van der Waals surface area (Å²) in [6.07, 6.45) is -0.795. The molecule has 0 amide bonds. The van der Waals surface area contributed by atoms with Crippen LogP contribution in [0.15, 0.2) is 0 Å². The zero-order valence-electron chi connectivity index (χ0n) is 9.11. The minimum atomic E-state index is -4.05. The van der Waals surface area contributed by atoms with Crippen LogP contribution in [0.5, 0.6) is 0 Å². The van der Waals surface area contributed by atoms with Crippen molar-refractivity contribution in [1.29, 1.82) is 0 Å². The third-order valence-corrected chi connectivity index (χ3v) is 3.12. The lowest BCUT2D eigenvalue weighted by atomic mass is 9.75. The molecule has 2 nitrogen and oxygen atoms in total. The number of alkyl halides is 3. The molecule has 0 saturated heterocycles. The Bertz CT molecular complexity index is 199. The van der Waals surface area contributed by atoms with Gasteiger partial charge >= 0.3 is 6.18 Å². The standard InChI is InChI=1S/C10H19F3N2/c1-15(8-6-10(11,12)13)7-5-9(14)3-2-4-9/h2-8,14H2,1H3. The highest BCUT2D eigenvalue weighted by Crippen LogP contribution is 2.32. The second-order valence-corrected chi connectivity index (χ2v) is 4.63. The fraction of sp³-hybridized carbons (Fsp3) is 1.00. The third-order valence-electron chi connectivity index (χ3n) is 3.12. The summed E-state index contributed by atoms with van der Waals surface area (Å²) < 4.78 is 35.7. The average Bonchev–Trinajstić information content (AvgIpc) is 2.07. The Kier molecular flexibility index (Phi) is 4.00. The molecule has 0 spiro atoms. The molecule has 5 heteroatoms. The van der Waals surface area contributed by atoms with Gasteiger partial charge in [0.1, 0.15) is 0 Å². The predicted octanol–water partition coefficient (Wildman–Crippen LogP) is 2.14. The summed E-state index contributed by atoms with van der Waals surface area (Å²) in [7, 11) is 1.72. The van der Waals surface area contributed by atoms with Gasteiger partial charge in [-0.05, 0) is 39.3 Å². The molecule has 0 unspecified atom stereocenters. The molecule has 90 valence electrons. The first-order chi connectivity index (χ1) is 6.81. The Morgan fingerprint density at radius 1 is 1.27 bits per heavy atom. The Morgan fingerprint density at radius 3 is 2.27 bits per heavy atom. The molecule has 0 atom stereocenters. The topological polar surface area (TPSA) is 29.3 Å². The van der Waals surface area contributed by atoms with E-state index in [9.17, 15) is 13.2 Å². The Labute approximate surface area is 88.6 Å². The fourth-order valence-corrected chi connectivity index (χ4v) is 1.72. The largest absolute Gasteiger partial charge is 0.390 e. The van der Waals surface area contributed by atoms with Gasteiger partial charge in [-0.25, -0.2) is 0 Å². The van der Waals surface area contributed by atoms with Crippen LogP contribution in [0.3, 0.4) is 0 Å². The monoisotopic (exact) mass is 224 g/mol. The molecular formula is C10H19F3N2. The Hall–Kier alpha value is -0.290. The molecule has 0 aromatic heterocycles. The van der Waals surface area contributed by atoms with Crippen molar-refractivity contribution in [3.63, 3.8) is 0 Å². The van der Waals surface area contributed by atoms with Gasteiger partial charge in [-0.15, -0.1) is 0 Å². The van der Waals surface area contributed by atoms with Crippen LogP contribution in [0, 0.1) is 0 Å². The maximum Gasteiger partial charge on any atom is 0.390 e.